The zero-order valence-electron chi connectivity index (χ0n) is 18.5. The normalized spacial score (nSPS) is 19.3. The molecule has 31 heavy (non-hydrogen) atoms. The molecule has 0 radical (unpaired) electrons. The van der Waals surface area contributed by atoms with Crippen LogP contribution in [0, 0.1) is 0 Å². The molecular weight excluding hydrogens is 386 g/mol. The van der Waals surface area contributed by atoms with E-state index in [4.69, 9.17) is 0 Å². The molecule has 0 saturated carbocycles. The van der Waals surface area contributed by atoms with E-state index in [0.29, 0.717) is 25.9 Å². The van der Waals surface area contributed by atoms with Gasteiger partial charge in [-0.2, -0.15) is 0 Å². The average molecular weight is 420 g/mol. The predicted molar refractivity (Wildman–Crippen MR) is 123 cm³/mol. The molecule has 2 fully saturated rings. The van der Waals surface area contributed by atoms with Crippen LogP contribution in [0.15, 0.2) is 60.7 Å². The molecule has 0 unspecified atom stereocenters. The summed E-state index contributed by atoms with van der Waals surface area (Å²) in [5.74, 6) is 0.339. The third-order valence-electron chi connectivity index (χ3n) is 7.02. The summed E-state index contributed by atoms with van der Waals surface area (Å²) in [6, 6.07) is 20.8. The van der Waals surface area contributed by atoms with Crippen LogP contribution >= 0.6 is 0 Å². The number of piperazine rings is 1. The Bertz CT molecular complexity index is 868. The number of carbonyl (C=O) groups excluding carboxylic acids is 2. The summed E-state index contributed by atoms with van der Waals surface area (Å²) in [5.41, 5.74) is 1.94. The standard InChI is InChI=1S/C26H33N3O2/c1-22(30)28-16-13-26(14-17-28,24-10-6-3-7-11-24)25(31)29-20-18-27(19-21-29)15-12-23-8-4-2-5-9-23/h2-11H,12-21H2,1H3. The lowest BCUT2D eigenvalue weighted by Gasteiger charge is -2.45. The minimum absolute atomic E-state index is 0.0983. The Balaban J connectivity index is 1.41. The number of carbonyl (C=O) groups is 2. The van der Waals surface area contributed by atoms with E-state index in [1.807, 2.05) is 23.1 Å². The minimum atomic E-state index is -0.514. The quantitative estimate of drug-likeness (QED) is 0.749. The molecule has 2 saturated heterocycles. The van der Waals surface area contributed by atoms with Crippen LogP contribution < -0.4 is 0 Å². The van der Waals surface area contributed by atoms with Gasteiger partial charge in [0.05, 0.1) is 5.41 Å². The van der Waals surface area contributed by atoms with E-state index < -0.39 is 5.41 Å². The second-order valence-corrected chi connectivity index (χ2v) is 8.82. The van der Waals surface area contributed by atoms with Crippen molar-refractivity contribution in [2.45, 2.75) is 31.6 Å². The third-order valence-corrected chi connectivity index (χ3v) is 7.02. The fourth-order valence-electron chi connectivity index (χ4n) is 5.00. The molecule has 0 atom stereocenters. The molecule has 2 aromatic rings. The number of rotatable bonds is 5. The summed E-state index contributed by atoms with van der Waals surface area (Å²) in [7, 11) is 0. The maximum Gasteiger partial charge on any atom is 0.233 e. The van der Waals surface area contributed by atoms with E-state index in [9.17, 15) is 9.59 Å². The number of benzene rings is 2. The van der Waals surface area contributed by atoms with Gasteiger partial charge in [-0.05, 0) is 30.4 Å². The van der Waals surface area contributed by atoms with Gasteiger partial charge < -0.3 is 9.80 Å². The molecule has 2 heterocycles. The van der Waals surface area contributed by atoms with Gasteiger partial charge in [0.1, 0.15) is 0 Å². The molecule has 164 valence electrons. The molecule has 2 aliphatic rings. The topological polar surface area (TPSA) is 43.9 Å². The molecule has 0 N–H and O–H groups in total. The lowest BCUT2D eigenvalue weighted by molar-refractivity contribution is -0.144. The molecule has 5 heteroatoms. The lowest BCUT2D eigenvalue weighted by atomic mass is 9.71. The monoisotopic (exact) mass is 419 g/mol. The first-order valence-corrected chi connectivity index (χ1v) is 11.5. The lowest BCUT2D eigenvalue weighted by Crippen LogP contribution is -2.57. The van der Waals surface area contributed by atoms with E-state index >= 15 is 0 Å². The molecule has 5 nitrogen and oxygen atoms in total. The second-order valence-electron chi connectivity index (χ2n) is 8.82. The van der Waals surface area contributed by atoms with Crippen molar-refractivity contribution in [1.29, 1.82) is 0 Å². The van der Waals surface area contributed by atoms with Crippen molar-refractivity contribution < 1.29 is 9.59 Å². The van der Waals surface area contributed by atoms with E-state index in [-0.39, 0.29) is 11.8 Å². The van der Waals surface area contributed by atoms with E-state index in [0.717, 1.165) is 44.7 Å². The van der Waals surface area contributed by atoms with Crippen LogP contribution in [-0.4, -0.2) is 72.3 Å². The summed E-state index contributed by atoms with van der Waals surface area (Å²) >= 11 is 0. The number of hydrogen-bond donors (Lipinski definition) is 0. The number of piperidine rings is 1. The van der Waals surface area contributed by atoms with Crippen LogP contribution in [0.4, 0.5) is 0 Å². The van der Waals surface area contributed by atoms with Crippen LogP contribution in [0.3, 0.4) is 0 Å². The summed E-state index contributed by atoms with van der Waals surface area (Å²) in [6.45, 7) is 7.33. The highest BCUT2D eigenvalue weighted by Crippen LogP contribution is 2.37. The molecule has 0 aliphatic carbocycles. The van der Waals surface area contributed by atoms with Crippen molar-refractivity contribution in [1.82, 2.24) is 14.7 Å². The predicted octanol–water partition coefficient (Wildman–Crippen LogP) is 2.95. The number of amides is 2. The summed E-state index contributed by atoms with van der Waals surface area (Å²) in [5, 5.41) is 0. The fourth-order valence-corrected chi connectivity index (χ4v) is 5.00. The van der Waals surface area contributed by atoms with Crippen molar-refractivity contribution >= 4 is 11.8 Å². The number of hydrogen-bond acceptors (Lipinski definition) is 3. The fraction of sp³-hybridized carbons (Fsp3) is 0.462. The molecule has 0 bridgehead atoms. The van der Waals surface area contributed by atoms with Gasteiger partial charge in [0.2, 0.25) is 11.8 Å². The van der Waals surface area contributed by atoms with E-state index in [1.54, 1.807) is 6.92 Å². The maximum absolute atomic E-state index is 13.8. The summed E-state index contributed by atoms with van der Waals surface area (Å²) in [6.07, 6.45) is 2.44. The van der Waals surface area contributed by atoms with Gasteiger partial charge in [-0.25, -0.2) is 0 Å². The SMILES string of the molecule is CC(=O)N1CCC(C(=O)N2CCN(CCc3ccccc3)CC2)(c2ccccc2)CC1. The Labute approximate surface area is 185 Å². The Morgan fingerprint density at radius 3 is 1.94 bits per heavy atom. The second kappa shape index (κ2) is 9.65. The molecule has 0 spiro atoms. The Kier molecular flexibility index (Phi) is 6.71. The van der Waals surface area contributed by atoms with Crippen LogP contribution in [-0.2, 0) is 21.4 Å². The van der Waals surface area contributed by atoms with Gasteiger partial charge in [0, 0.05) is 52.7 Å². The highest BCUT2D eigenvalue weighted by atomic mass is 16.2. The van der Waals surface area contributed by atoms with Crippen molar-refractivity contribution in [3.63, 3.8) is 0 Å². The molecule has 2 aromatic carbocycles. The van der Waals surface area contributed by atoms with Gasteiger partial charge in [0.15, 0.2) is 0 Å². The van der Waals surface area contributed by atoms with Crippen molar-refractivity contribution in [2.24, 2.45) is 0 Å². The summed E-state index contributed by atoms with van der Waals surface area (Å²) in [4.78, 5) is 32.1. The van der Waals surface area contributed by atoms with Crippen molar-refractivity contribution in [2.75, 3.05) is 45.8 Å². The first-order chi connectivity index (χ1) is 15.1. The third kappa shape index (κ3) is 4.82. The zero-order valence-corrected chi connectivity index (χ0v) is 18.5. The van der Waals surface area contributed by atoms with Crippen LogP contribution in [0.1, 0.15) is 30.9 Å². The van der Waals surface area contributed by atoms with Crippen LogP contribution in [0.2, 0.25) is 0 Å². The zero-order chi connectivity index (χ0) is 21.7. The Morgan fingerprint density at radius 1 is 0.774 bits per heavy atom. The maximum atomic E-state index is 13.8. The van der Waals surface area contributed by atoms with E-state index in [2.05, 4.69) is 52.3 Å². The Hall–Kier alpha value is -2.66. The molecule has 0 aromatic heterocycles. The van der Waals surface area contributed by atoms with Gasteiger partial charge in [0.25, 0.3) is 0 Å². The highest BCUT2D eigenvalue weighted by molar-refractivity contribution is 5.89. The van der Waals surface area contributed by atoms with Gasteiger partial charge >= 0.3 is 0 Å². The molecule has 2 aliphatic heterocycles. The molecular formula is C26H33N3O2. The van der Waals surface area contributed by atoms with E-state index in [1.165, 1.54) is 5.56 Å². The van der Waals surface area contributed by atoms with Gasteiger partial charge in [-0.3, -0.25) is 14.5 Å². The average Bonchev–Trinajstić information content (AvgIpc) is 2.84. The molecule has 2 amide bonds. The van der Waals surface area contributed by atoms with Gasteiger partial charge in [-0.15, -0.1) is 0 Å². The first-order valence-electron chi connectivity index (χ1n) is 11.5. The van der Waals surface area contributed by atoms with Crippen molar-refractivity contribution in [3.05, 3.63) is 71.8 Å². The van der Waals surface area contributed by atoms with Crippen LogP contribution in [0.5, 0.6) is 0 Å². The van der Waals surface area contributed by atoms with Crippen molar-refractivity contribution in [3.8, 4) is 0 Å². The largest absolute Gasteiger partial charge is 0.343 e. The van der Waals surface area contributed by atoms with Gasteiger partial charge in [-0.1, -0.05) is 60.7 Å². The first kappa shape index (κ1) is 21.6. The number of nitrogens with zero attached hydrogens (tertiary/aromatic N) is 3. The summed E-state index contributed by atoms with van der Waals surface area (Å²) < 4.78 is 0. The minimum Gasteiger partial charge on any atom is -0.343 e. The van der Waals surface area contributed by atoms with Crippen LogP contribution in [0.25, 0.3) is 0 Å². The Morgan fingerprint density at radius 2 is 1.35 bits per heavy atom. The number of likely N-dealkylation sites (tertiary alicyclic amines) is 1. The molecule has 4 rings (SSSR count). The highest BCUT2D eigenvalue weighted by Gasteiger charge is 2.45. The smallest absolute Gasteiger partial charge is 0.233 e.